The van der Waals surface area contributed by atoms with Crippen molar-refractivity contribution < 1.29 is 4.79 Å². The molecule has 1 heterocycles. The second-order valence-corrected chi connectivity index (χ2v) is 7.03. The van der Waals surface area contributed by atoms with Crippen LogP contribution in [0.5, 0.6) is 0 Å². The van der Waals surface area contributed by atoms with E-state index in [4.69, 9.17) is 0 Å². The Morgan fingerprint density at radius 2 is 1.95 bits per heavy atom. The number of ketones is 1. The third-order valence-electron chi connectivity index (χ3n) is 5.08. The maximum absolute atomic E-state index is 12.7. The molecule has 21 heavy (non-hydrogen) atoms. The summed E-state index contributed by atoms with van der Waals surface area (Å²) in [5, 5.41) is 7.62. The monoisotopic (exact) mass is 280 g/mol. The van der Waals surface area contributed by atoms with Crippen LogP contribution in [0, 0.1) is 5.41 Å². The molecule has 1 aromatic carbocycles. The summed E-state index contributed by atoms with van der Waals surface area (Å²) in [7, 11) is 0. The van der Waals surface area contributed by atoms with Crippen LogP contribution in [0.4, 0.5) is 0 Å². The summed E-state index contributed by atoms with van der Waals surface area (Å²) in [6, 6.07) is 10.6. The predicted octanol–water partition coefficient (Wildman–Crippen LogP) is 3.84. The van der Waals surface area contributed by atoms with Gasteiger partial charge in [0.25, 0.3) is 0 Å². The zero-order chi connectivity index (χ0) is 14.6. The van der Waals surface area contributed by atoms with E-state index >= 15 is 0 Å². The van der Waals surface area contributed by atoms with Crippen LogP contribution in [-0.4, -0.2) is 16.0 Å². The smallest absolute Gasteiger partial charge is 0.172 e. The maximum Gasteiger partial charge on any atom is 0.172 e. The number of Topliss-reactive ketones (excluding diaryl/α,β-unsaturated/α-hetero) is 1. The lowest BCUT2D eigenvalue weighted by Crippen LogP contribution is -2.30. The van der Waals surface area contributed by atoms with Crippen molar-refractivity contribution in [2.75, 3.05) is 0 Å². The van der Waals surface area contributed by atoms with Crippen LogP contribution in [-0.2, 0) is 6.42 Å². The van der Waals surface area contributed by atoms with Gasteiger partial charge in [-0.15, -0.1) is 0 Å². The summed E-state index contributed by atoms with van der Waals surface area (Å²) in [6.45, 7) is 4.10. The molecule has 0 spiro atoms. The molecule has 0 bridgehead atoms. The van der Waals surface area contributed by atoms with Gasteiger partial charge >= 0.3 is 0 Å². The second kappa shape index (κ2) is 4.30. The molecule has 3 nitrogen and oxygen atoms in total. The van der Waals surface area contributed by atoms with Crippen LogP contribution < -0.4 is 0 Å². The topological polar surface area (TPSA) is 45.8 Å². The number of nitrogens with one attached hydrogen (secondary N) is 1. The third-order valence-corrected chi connectivity index (χ3v) is 5.08. The molecule has 0 saturated heterocycles. The average Bonchev–Trinajstić information content (AvgIpc) is 3.16. The lowest BCUT2D eigenvalue weighted by molar-refractivity contribution is 0.0809. The number of fused-ring (bicyclic) bond motifs is 1. The van der Waals surface area contributed by atoms with Gasteiger partial charge in [-0.25, -0.2) is 0 Å². The molecule has 2 aromatic rings. The highest BCUT2D eigenvalue weighted by Gasteiger charge is 2.46. The molecule has 0 amide bonds. The molecule has 108 valence electrons. The Labute approximate surface area is 124 Å². The summed E-state index contributed by atoms with van der Waals surface area (Å²) < 4.78 is 0. The van der Waals surface area contributed by atoms with Crippen LogP contribution in [0.25, 0.3) is 0 Å². The van der Waals surface area contributed by atoms with Crippen LogP contribution in [0.2, 0.25) is 0 Å². The summed E-state index contributed by atoms with van der Waals surface area (Å²) in [6.07, 6.45) is 2.95. The summed E-state index contributed by atoms with van der Waals surface area (Å²) >= 11 is 0. The standard InChI is InChI=1S/C18H20N2O/c1-18(2)9-8-14-15(17(18)21)16(20-19-14)13-10-12(13)11-6-4-3-5-7-11/h3-7,12-13H,8-10H2,1-2H3,(H,19,20). The van der Waals surface area contributed by atoms with E-state index in [9.17, 15) is 4.79 Å². The molecule has 2 aliphatic rings. The van der Waals surface area contributed by atoms with Crippen molar-refractivity contribution in [3.8, 4) is 0 Å². The van der Waals surface area contributed by atoms with Gasteiger partial charge in [0.1, 0.15) is 0 Å². The zero-order valence-electron chi connectivity index (χ0n) is 12.5. The van der Waals surface area contributed by atoms with E-state index in [2.05, 4.69) is 48.3 Å². The molecule has 2 aliphatic carbocycles. The van der Waals surface area contributed by atoms with Crippen LogP contribution >= 0.6 is 0 Å². The number of hydrogen-bond acceptors (Lipinski definition) is 2. The Balaban J connectivity index is 1.68. The fourth-order valence-electron chi connectivity index (χ4n) is 3.55. The first-order chi connectivity index (χ1) is 10.1. The molecule has 0 aliphatic heterocycles. The molecule has 4 rings (SSSR count). The summed E-state index contributed by atoms with van der Waals surface area (Å²) in [5.74, 6) is 1.20. The minimum atomic E-state index is -0.247. The maximum atomic E-state index is 12.7. The quantitative estimate of drug-likeness (QED) is 0.908. The Bertz CT molecular complexity index is 699. The van der Waals surface area contributed by atoms with Gasteiger partial charge in [0, 0.05) is 17.0 Å². The van der Waals surface area contributed by atoms with E-state index in [-0.39, 0.29) is 11.2 Å². The number of aromatic amines is 1. The van der Waals surface area contributed by atoms with Crippen molar-refractivity contribution in [1.29, 1.82) is 0 Å². The van der Waals surface area contributed by atoms with Gasteiger partial charge in [-0.2, -0.15) is 5.10 Å². The highest BCUT2D eigenvalue weighted by Crippen LogP contribution is 2.55. The number of aromatic nitrogens is 2. The average molecular weight is 280 g/mol. The van der Waals surface area contributed by atoms with Gasteiger partial charge in [-0.3, -0.25) is 9.89 Å². The van der Waals surface area contributed by atoms with Gasteiger partial charge in [0.2, 0.25) is 0 Å². The number of aryl methyl sites for hydroxylation is 1. The minimum Gasteiger partial charge on any atom is -0.293 e. The Hall–Kier alpha value is -1.90. The number of carbonyl (C=O) groups is 1. The first-order valence-corrected chi connectivity index (χ1v) is 7.75. The number of hydrogen-bond donors (Lipinski definition) is 1. The van der Waals surface area contributed by atoms with Gasteiger partial charge in [-0.05, 0) is 30.7 Å². The number of benzene rings is 1. The van der Waals surface area contributed by atoms with Crippen molar-refractivity contribution in [3.63, 3.8) is 0 Å². The number of carbonyl (C=O) groups excluding carboxylic acids is 1. The number of nitrogens with zero attached hydrogens (tertiary/aromatic N) is 1. The van der Waals surface area contributed by atoms with Crippen molar-refractivity contribution in [2.24, 2.45) is 5.41 Å². The van der Waals surface area contributed by atoms with Crippen LogP contribution in [0.1, 0.15) is 65.8 Å². The first-order valence-electron chi connectivity index (χ1n) is 7.75. The number of H-pyrrole nitrogens is 1. The molecule has 3 heteroatoms. The predicted molar refractivity (Wildman–Crippen MR) is 81.6 cm³/mol. The first kappa shape index (κ1) is 12.8. The SMILES string of the molecule is CC1(C)CCc2[nH]nc(C3CC3c3ccccc3)c2C1=O. The molecule has 2 atom stereocenters. The van der Waals surface area contributed by atoms with E-state index in [1.807, 2.05) is 6.07 Å². The van der Waals surface area contributed by atoms with Crippen LogP contribution in [0.15, 0.2) is 30.3 Å². The van der Waals surface area contributed by atoms with E-state index < -0.39 is 0 Å². The molecule has 1 aromatic heterocycles. The summed E-state index contributed by atoms with van der Waals surface area (Å²) in [5.41, 5.74) is 4.07. The fraction of sp³-hybridized carbons (Fsp3) is 0.444. The second-order valence-electron chi connectivity index (χ2n) is 7.03. The molecule has 2 unspecified atom stereocenters. The van der Waals surface area contributed by atoms with Crippen LogP contribution in [0.3, 0.4) is 0 Å². The molecular weight excluding hydrogens is 260 g/mol. The molecule has 0 radical (unpaired) electrons. The van der Waals surface area contributed by atoms with Crippen molar-refractivity contribution in [1.82, 2.24) is 10.2 Å². The van der Waals surface area contributed by atoms with Gasteiger partial charge in [-0.1, -0.05) is 44.2 Å². The molecule has 1 fully saturated rings. The van der Waals surface area contributed by atoms with Crippen molar-refractivity contribution in [3.05, 3.63) is 52.8 Å². The fourth-order valence-corrected chi connectivity index (χ4v) is 3.55. The number of rotatable bonds is 2. The molecule has 1 N–H and O–H groups in total. The normalized spacial score (nSPS) is 26.5. The van der Waals surface area contributed by atoms with Crippen molar-refractivity contribution >= 4 is 5.78 Å². The van der Waals surface area contributed by atoms with E-state index in [1.165, 1.54) is 5.56 Å². The largest absolute Gasteiger partial charge is 0.293 e. The lowest BCUT2D eigenvalue weighted by Gasteiger charge is -2.27. The van der Waals surface area contributed by atoms with Gasteiger partial charge in [0.05, 0.1) is 11.3 Å². The Morgan fingerprint density at radius 1 is 1.19 bits per heavy atom. The molecule has 1 saturated carbocycles. The minimum absolute atomic E-state index is 0.247. The zero-order valence-corrected chi connectivity index (χ0v) is 12.5. The Morgan fingerprint density at radius 3 is 2.71 bits per heavy atom. The highest BCUT2D eigenvalue weighted by atomic mass is 16.1. The lowest BCUT2D eigenvalue weighted by atomic mass is 9.74. The van der Waals surface area contributed by atoms with Gasteiger partial charge in [0.15, 0.2) is 5.78 Å². The highest BCUT2D eigenvalue weighted by molar-refractivity contribution is 6.03. The van der Waals surface area contributed by atoms with Crippen molar-refractivity contribution in [2.45, 2.75) is 44.9 Å². The Kier molecular flexibility index (Phi) is 2.62. The van der Waals surface area contributed by atoms with E-state index in [0.717, 1.165) is 36.2 Å². The third kappa shape index (κ3) is 1.95. The summed E-state index contributed by atoms with van der Waals surface area (Å²) in [4.78, 5) is 12.7. The molecular formula is C18H20N2O. The van der Waals surface area contributed by atoms with Gasteiger partial charge < -0.3 is 0 Å². The van der Waals surface area contributed by atoms with E-state index in [1.54, 1.807) is 0 Å². The van der Waals surface area contributed by atoms with E-state index in [0.29, 0.717) is 11.8 Å².